The van der Waals surface area contributed by atoms with Crippen LogP contribution in [-0.4, -0.2) is 20.9 Å². The van der Waals surface area contributed by atoms with E-state index in [2.05, 4.69) is 15.0 Å². The SMILES string of the molecule is O=C1N(c2ccc(Cl)cc2)c2cnccc2C1(c1ccncc1)c1ccncc1. The Morgan fingerprint density at radius 2 is 1.28 bits per heavy atom. The molecule has 0 spiro atoms. The van der Waals surface area contributed by atoms with Crippen molar-refractivity contribution in [1.29, 1.82) is 0 Å². The molecule has 1 amide bonds. The van der Waals surface area contributed by atoms with E-state index < -0.39 is 5.41 Å². The molecule has 0 saturated carbocycles. The molecule has 0 fully saturated rings. The number of fused-ring (bicyclic) bond motifs is 1. The molecule has 29 heavy (non-hydrogen) atoms. The number of rotatable bonds is 3. The predicted octanol–water partition coefficient (Wildman–Crippen LogP) is 4.54. The Kier molecular flexibility index (Phi) is 4.11. The van der Waals surface area contributed by atoms with E-state index in [0.29, 0.717) is 5.02 Å². The van der Waals surface area contributed by atoms with E-state index in [0.717, 1.165) is 28.1 Å². The molecule has 0 atom stereocenters. The first-order valence-electron chi connectivity index (χ1n) is 9.08. The Hall–Kier alpha value is -3.57. The molecule has 0 aliphatic carbocycles. The van der Waals surface area contributed by atoms with Crippen molar-refractivity contribution < 1.29 is 4.79 Å². The number of anilines is 2. The van der Waals surface area contributed by atoms with Crippen LogP contribution in [0.15, 0.2) is 91.8 Å². The Morgan fingerprint density at radius 1 is 0.724 bits per heavy atom. The highest BCUT2D eigenvalue weighted by Crippen LogP contribution is 2.52. The van der Waals surface area contributed by atoms with Crippen molar-refractivity contribution in [3.63, 3.8) is 0 Å². The van der Waals surface area contributed by atoms with Gasteiger partial charge in [0.2, 0.25) is 0 Å². The molecule has 5 nitrogen and oxygen atoms in total. The number of carbonyl (C=O) groups is 1. The second-order valence-electron chi connectivity index (χ2n) is 6.73. The molecule has 3 aromatic heterocycles. The van der Waals surface area contributed by atoms with Crippen LogP contribution >= 0.6 is 11.6 Å². The van der Waals surface area contributed by atoms with Crippen LogP contribution in [0.3, 0.4) is 0 Å². The van der Waals surface area contributed by atoms with Gasteiger partial charge in [0, 0.05) is 47.3 Å². The van der Waals surface area contributed by atoms with Crippen molar-refractivity contribution in [3.8, 4) is 0 Å². The van der Waals surface area contributed by atoms with Gasteiger partial charge in [-0.05, 0) is 65.7 Å². The maximum Gasteiger partial charge on any atom is 0.251 e. The number of hydrogen-bond acceptors (Lipinski definition) is 4. The van der Waals surface area contributed by atoms with E-state index in [-0.39, 0.29) is 5.91 Å². The number of hydrogen-bond donors (Lipinski definition) is 0. The van der Waals surface area contributed by atoms with Crippen LogP contribution in [0.5, 0.6) is 0 Å². The summed E-state index contributed by atoms with van der Waals surface area (Å²) in [6.45, 7) is 0. The third-order valence-corrected chi connectivity index (χ3v) is 5.53. The van der Waals surface area contributed by atoms with Crippen molar-refractivity contribution >= 4 is 28.9 Å². The molecule has 0 bridgehead atoms. The van der Waals surface area contributed by atoms with E-state index in [1.165, 1.54) is 0 Å². The van der Waals surface area contributed by atoms with Gasteiger partial charge in [0.15, 0.2) is 0 Å². The number of aromatic nitrogens is 3. The van der Waals surface area contributed by atoms with Crippen LogP contribution in [0, 0.1) is 0 Å². The predicted molar refractivity (Wildman–Crippen MR) is 111 cm³/mol. The van der Waals surface area contributed by atoms with Gasteiger partial charge < -0.3 is 0 Å². The Balaban J connectivity index is 1.84. The molecule has 140 valence electrons. The van der Waals surface area contributed by atoms with Crippen LogP contribution in [-0.2, 0) is 10.2 Å². The molecule has 0 saturated heterocycles. The molecule has 0 radical (unpaired) electrons. The monoisotopic (exact) mass is 398 g/mol. The lowest BCUT2D eigenvalue weighted by atomic mass is 9.71. The molecule has 0 N–H and O–H groups in total. The lowest BCUT2D eigenvalue weighted by Gasteiger charge is -2.30. The molecule has 1 aliphatic heterocycles. The smallest absolute Gasteiger partial charge is 0.251 e. The van der Waals surface area contributed by atoms with Crippen molar-refractivity contribution in [3.05, 3.63) is 113 Å². The summed E-state index contributed by atoms with van der Waals surface area (Å²) in [5.74, 6) is -0.0831. The standard InChI is InChI=1S/C23H15ClN4O/c24-18-1-3-19(4-2-18)28-21-15-27-14-9-20(21)23(22(28)29,16-5-10-25-11-6-16)17-7-12-26-13-8-17/h1-15H. The van der Waals surface area contributed by atoms with Gasteiger partial charge in [0.1, 0.15) is 5.41 Å². The van der Waals surface area contributed by atoms with Gasteiger partial charge in [-0.1, -0.05) is 11.6 Å². The highest BCUT2D eigenvalue weighted by atomic mass is 35.5. The summed E-state index contributed by atoms with van der Waals surface area (Å²) in [4.78, 5) is 28.5. The number of benzene rings is 1. The number of halogens is 1. The van der Waals surface area contributed by atoms with Gasteiger partial charge in [-0.3, -0.25) is 24.6 Å². The topological polar surface area (TPSA) is 59.0 Å². The van der Waals surface area contributed by atoms with Gasteiger partial charge in [-0.2, -0.15) is 0 Å². The Morgan fingerprint density at radius 3 is 1.86 bits per heavy atom. The second kappa shape index (κ2) is 6.79. The molecule has 1 aromatic carbocycles. The first-order chi connectivity index (χ1) is 14.2. The molecule has 1 aliphatic rings. The molecule has 4 aromatic rings. The minimum atomic E-state index is -1.02. The van der Waals surface area contributed by atoms with Gasteiger partial charge in [0.05, 0.1) is 11.9 Å². The first kappa shape index (κ1) is 17.5. The third-order valence-electron chi connectivity index (χ3n) is 5.28. The second-order valence-corrected chi connectivity index (χ2v) is 7.17. The zero-order valence-corrected chi connectivity index (χ0v) is 16.0. The van der Waals surface area contributed by atoms with E-state index in [1.54, 1.807) is 54.2 Å². The molecular formula is C23H15ClN4O. The number of pyridine rings is 3. The summed E-state index contributed by atoms with van der Waals surface area (Å²) in [7, 11) is 0. The van der Waals surface area contributed by atoms with Crippen molar-refractivity contribution in [2.45, 2.75) is 5.41 Å². The summed E-state index contributed by atoms with van der Waals surface area (Å²) in [5, 5.41) is 0.612. The van der Waals surface area contributed by atoms with Crippen LogP contribution in [0.25, 0.3) is 0 Å². The van der Waals surface area contributed by atoms with E-state index >= 15 is 0 Å². The molecule has 0 unspecified atom stereocenters. The molecule has 5 rings (SSSR count). The summed E-state index contributed by atoms with van der Waals surface area (Å²) in [6, 6.07) is 16.7. The summed E-state index contributed by atoms with van der Waals surface area (Å²) < 4.78 is 0. The van der Waals surface area contributed by atoms with E-state index in [9.17, 15) is 4.79 Å². The van der Waals surface area contributed by atoms with Crippen LogP contribution in [0.4, 0.5) is 11.4 Å². The Labute approximate surface area is 172 Å². The fourth-order valence-corrected chi connectivity index (χ4v) is 4.17. The Bertz CT molecular complexity index is 1140. The van der Waals surface area contributed by atoms with E-state index in [1.807, 2.05) is 42.5 Å². The number of carbonyl (C=O) groups excluding carboxylic acids is 1. The van der Waals surface area contributed by atoms with Crippen LogP contribution in [0.1, 0.15) is 16.7 Å². The number of nitrogens with zero attached hydrogens (tertiary/aromatic N) is 4. The van der Waals surface area contributed by atoms with E-state index in [4.69, 9.17) is 11.6 Å². The maximum atomic E-state index is 14.2. The van der Waals surface area contributed by atoms with Gasteiger partial charge >= 0.3 is 0 Å². The average molecular weight is 399 g/mol. The van der Waals surface area contributed by atoms with Crippen molar-refractivity contribution in [2.75, 3.05) is 4.90 Å². The highest BCUT2D eigenvalue weighted by Gasteiger charge is 2.54. The average Bonchev–Trinajstić information content (AvgIpc) is 3.04. The van der Waals surface area contributed by atoms with Gasteiger partial charge in [-0.15, -0.1) is 0 Å². The van der Waals surface area contributed by atoms with Crippen molar-refractivity contribution in [2.24, 2.45) is 0 Å². The quantitative estimate of drug-likeness (QED) is 0.508. The largest absolute Gasteiger partial charge is 0.278 e. The zero-order chi connectivity index (χ0) is 19.8. The number of amides is 1. The lowest BCUT2D eigenvalue weighted by molar-refractivity contribution is -0.120. The molecule has 6 heteroatoms. The summed E-state index contributed by atoms with van der Waals surface area (Å²) in [6.07, 6.45) is 10.3. The zero-order valence-electron chi connectivity index (χ0n) is 15.2. The maximum absolute atomic E-state index is 14.2. The summed E-state index contributed by atoms with van der Waals surface area (Å²) >= 11 is 6.07. The van der Waals surface area contributed by atoms with Crippen LogP contribution < -0.4 is 4.90 Å². The highest BCUT2D eigenvalue weighted by molar-refractivity contribution is 6.30. The van der Waals surface area contributed by atoms with Crippen molar-refractivity contribution in [1.82, 2.24) is 15.0 Å². The molecule has 4 heterocycles. The third kappa shape index (κ3) is 2.55. The normalized spacial score (nSPS) is 14.7. The van der Waals surface area contributed by atoms with Gasteiger partial charge in [0.25, 0.3) is 5.91 Å². The molecular weight excluding hydrogens is 384 g/mol. The minimum absolute atomic E-state index is 0.0831. The first-order valence-corrected chi connectivity index (χ1v) is 9.46. The lowest BCUT2D eigenvalue weighted by Crippen LogP contribution is -2.40. The fourth-order valence-electron chi connectivity index (χ4n) is 4.05. The minimum Gasteiger partial charge on any atom is -0.278 e. The fraction of sp³-hybridized carbons (Fsp3) is 0.0435. The summed E-state index contributed by atoms with van der Waals surface area (Å²) in [5.41, 5.74) is 3.00. The van der Waals surface area contributed by atoms with Gasteiger partial charge in [-0.25, -0.2) is 0 Å². The van der Waals surface area contributed by atoms with Crippen LogP contribution in [0.2, 0.25) is 5.02 Å².